The van der Waals surface area contributed by atoms with E-state index in [0.717, 1.165) is 38.6 Å². The predicted octanol–water partition coefficient (Wildman–Crippen LogP) is 6.67. The number of hydrogen-bond donors (Lipinski definition) is 6. The number of fused-ring (bicyclic) bond motifs is 1. The molecule has 9 nitrogen and oxygen atoms in total. The molecule has 0 saturated heterocycles. The highest BCUT2D eigenvalue weighted by Gasteiger charge is 2.16. The van der Waals surface area contributed by atoms with Crippen LogP contribution in [0.2, 0.25) is 0 Å². The molecule has 0 radical (unpaired) electrons. The summed E-state index contributed by atoms with van der Waals surface area (Å²) in [5, 5.41) is 28.3. The molecular weight excluding hydrogens is 630 g/mol. The van der Waals surface area contributed by atoms with Crippen molar-refractivity contribution in [1.29, 1.82) is 0 Å². The van der Waals surface area contributed by atoms with E-state index in [1.54, 1.807) is 18.2 Å². The van der Waals surface area contributed by atoms with Crippen LogP contribution in [0.15, 0.2) is 152 Å². The first-order chi connectivity index (χ1) is 24.0. The Balaban J connectivity index is 0.000000169. The molecule has 0 heterocycles. The fourth-order valence-corrected chi connectivity index (χ4v) is 5.12. The van der Waals surface area contributed by atoms with E-state index in [4.69, 9.17) is 32.5 Å². The van der Waals surface area contributed by atoms with E-state index in [2.05, 4.69) is 0 Å². The highest BCUT2D eigenvalue weighted by atomic mass is 16.4. The van der Waals surface area contributed by atoms with Crippen LogP contribution in [0.4, 0.5) is 0 Å². The van der Waals surface area contributed by atoms with Crippen LogP contribution in [0.3, 0.4) is 0 Å². The maximum Gasteiger partial charge on any atom is 0.325 e. The number of hydrogen-bond acceptors (Lipinski definition) is 6. The van der Waals surface area contributed by atoms with E-state index in [1.807, 2.05) is 133 Å². The number of benzene rings is 6. The van der Waals surface area contributed by atoms with E-state index in [9.17, 15) is 14.4 Å². The lowest BCUT2D eigenvalue weighted by molar-refractivity contribution is -0.139. The summed E-state index contributed by atoms with van der Waals surface area (Å²) in [5.74, 6) is -2.99. The van der Waals surface area contributed by atoms with Gasteiger partial charge in [0.1, 0.15) is 18.1 Å². The normalized spacial score (nSPS) is 12.2. The molecule has 0 bridgehead atoms. The van der Waals surface area contributed by atoms with Gasteiger partial charge in [-0.3, -0.25) is 14.4 Å². The van der Waals surface area contributed by atoms with Gasteiger partial charge in [-0.15, -0.1) is 0 Å². The van der Waals surface area contributed by atoms with Gasteiger partial charge in [0, 0.05) is 0 Å². The van der Waals surface area contributed by atoms with Gasteiger partial charge in [-0.1, -0.05) is 152 Å². The average Bonchev–Trinajstić information content (AvgIpc) is 3.15. The Hall–Kier alpha value is -6.13. The third kappa shape index (κ3) is 10.2. The second-order valence-electron chi connectivity index (χ2n) is 11.4. The van der Waals surface area contributed by atoms with E-state index < -0.39 is 36.0 Å². The van der Waals surface area contributed by atoms with Gasteiger partial charge in [0.05, 0.1) is 0 Å². The maximum atomic E-state index is 10.8. The number of nitrogens with two attached hydrogens (primary N) is 3. The largest absolute Gasteiger partial charge is 0.480 e. The van der Waals surface area contributed by atoms with Gasteiger partial charge >= 0.3 is 17.9 Å². The molecule has 0 aliphatic rings. The smallest absolute Gasteiger partial charge is 0.325 e. The van der Waals surface area contributed by atoms with Crippen molar-refractivity contribution in [1.82, 2.24) is 0 Å². The minimum atomic E-state index is -1.02. The monoisotopic (exact) mass is 669 g/mol. The second kappa shape index (κ2) is 17.9. The van der Waals surface area contributed by atoms with Gasteiger partial charge in [-0.05, 0) is 56.1 Å². The molecule has 254 valence electrons. The summed E-state index contributed by atoms with van der Waals surface area (Å²) >= 11 is 0. The molecule has 0 spiro atoms. The zero-order valence-electron chi connectivity index (χ0n) is 27.2. The molecule has 6 rings (SSSR count). The Morgan fingerprint density at radius 3 is 1.40 bits per heavy atom. The van der Waals surface area contributed by atoms with E-state index in [-0.39, 0.29) is 0 Å². The van der Waals surface area contributed by atoms with Crippen LogP contribution < -0.4 is 17.2 Å². The second-order valence-corrected chi connectivity index (χ2v) is 11.4. The van der Waals surface area contributed by atoms with Gasteiger partial charge in [-0.2, -0.15) is 0 Å². The Kier molecular flexibility index (Phi) is 13.1. The van der Waals surface area contributed by atoms with Crippen molar-refractivity contribution in [2.24, 2.45) is 17.2 Å². The van der Waals surface area contributed by atoms with Crippen molar-refractivity contribution in [2.45, 2.75) is 24.5 Å². The molecule has 9 heteroatoms. The fraction of sp³-hybridized carbons (Fsp3) is 0.0976. The van der Waals surface area contributed by atoms with Gasteiger partial charge in [0.25, 0.3) is 0 Å². The molecule has 0 aromatic heterocycles. The predicted molar refractivity (Wildman–Crippen MR) is 196 cm³/mol. The summed E-state index contributed by atoms with van der Waals surface area (Å²) in [6.45, 7) is 0. The van der Waals surface area contributed by atoms with Crippen LogP contribution in [0.5, 0.6) is 0 Å². The molecule has 0 fully saturated rings. The molecule has 9 N–H and O–H groups in total. The summed E-state index contributed by atoms with van der Waals surface area (Å²) in [6.07, 6.45) is 0.352. The highest BCUT2D eigenvalue weighted by Crippen LogP contribution is 2.24. The standard InChI is InChI=1S/C15H15NO2.C14H13NO2.C12H11NO2/c16-14(15(17)18)10-11-6-8-13(9-7-11)12-4-2-1-3-5-12;15-13(14(16)17)12-8-6-11(7-9-12)10-4-2-1-3-5-10;13-11(12(14)15)10-7-3-5-8-4-1-2-6-9(8)10/h1-9,14H,10,16H2,(H,17,18);1-9,13H,15H2,(H,16,17);1-7,11H,13H2,(H,14,15)/t14-;13-;11-/m111/s1. The lowest BCUT2D eigenvalue weighted by Crippen LogP contribution is -2.32. The van der Waals surface area contributed by atoms with Gasteiger partial charge in [0.2, 0.25) is 0 Å². The molecule has 6 aromatic rings. The molecule has 0 saturated carbocycles. The summed E-state index contributed by atoms with van der Waals surface area (Å²) in [5.41, 5.74) is 23.2. The first kappa shape index (κ1) is 36.7. The van der Waals surface area contributed by atoms with E-state index >= 15 is 0 Å². The van der Waals surface area contributed by atoms with Crippen molar-refractivity contribution < 1.29 is 29.7 Å². The molecule has 6 aromatic carbocycles. The summed E-state index contributed by atoms with van der Waals surface area (Å²) < 4.78 is 0. The van der Waals surface area contributed by atoms with Crippen molar-refractivity contribution in [2.75, 3.05) is 0 Å². The van der Waals surface area contributed by atoms with Crippen molar-refractivity contribution in [3.63, 3.8) is 0 Å². The minimum absolute atomic E-state index is 0.352. The quantitative estimate of drug-likeness (QED) is 0.0976. The SMILES string of the molecule is N[C@@H](C(=O)O)c1ccc(-c2ccccc2)cc1.N[C@@H](C(=O)O)c1cccc2ccccc12.N[C@H](Cc1ccc(-c2ccccc2)cc1)C(=O)O. The molecule has 0 unspecified atom stereocenters. The van der Waals surface area contributed by atoms with Crippen molar-refractivity contribution in [3.8, 4) is 22.3 Å². The maximum absolute atomic E-state index is 10.8. The van der Waals surface area contributed by atoms with Crippen LogP contribution in [-0.4, -0.2) is 39.3 Å². The molecule has 0 aliphatic heterocycles. The van der Waals surface area contributed by atoms with Crippen LogP contribution in [0.1, 0.15) is 28.8 Å². The van der Waals surface area contributed by atoms with Crippen LogP contribution >= 0.6 is 0 Å². The first-order valence-corrected chi connectivity index (χ1v) is 15.8. The van der Waals surface area contributed by atoms with Crippen molar-refractivity contribution >= 4 is 28.7 Å². The topological polar surface area (TPSA) is 190 Å². The number of carbonyl (C=O) groups is 3. The average molecular weight is 670 g/mol. The van der Waals surface area contributed by atoms with Crippen LogP contribution in [-0.2, 0) is 20.8 Å². The van der Waals surface area contributed by atoms with Crippen LogP contribution in [0, 0.1) is 0 Å². The Morgan fingerprint density at radius 2 is 0.900 bits per heavy atom. The zero-order valence-corrected chi connectivity index (χ0v) is 27.2. The minimum Gasteiger partial charge on any atom is -0.480 e. The van der Waals surface area contributed by atoms with E-state index in [0.29, 0.717) is 17.5 Å². The highest BCUT2D eigenvalue weighted by molar-refractivity contribution is 5.90. The number of aliphatic carboxylic acids is 3. The van der Waals surface area contributed by atoms with Crippen molar-refractivity contribution in [3.05, 3.63) is 168 Å². The lowest BCUT2D eigenvalue weighted by atomic mass is 9.99. The Bertz CT molecular complexity index is 2000. The van der Waals surface area contributed by atoms with Gasteiger partial charge < -0.3 is 32.5 Å². The zero-order chi connectivity index (χ0) is 36.0. The Morgan fingerprint density at radius 1 is 0.460 bits per heavy atom. The van der Waals surface area contributed by atoms with Crippen LogP contribution in [0.25, 0.3) is 33.0 Å². The fourth-order valence-electron chi connectivity index (χ4n) is 5.12. The number of carboxylic acid groups (broad SMARTS) is 3. The summed E-state index contributed by atoms with van der Waals surface area (Å²) in [4.78, 5) is 32.2. The molecule has 3 atom stereocenters. The number of carboxylic acids is 3. The summed E-state index contributed by atoms with van der Waals surface area (Å²) in [7, 11) is 0. The molecular formula is C41H39N3O6. The summed E-state index contributed by atoms with van der Waals surface area (Å²) in [6, 6.07) is 45.4. The first-order valence-electron chi connectivity index (χ1n) is 15.8. The molecule has 50 heavy (non-hydrogen) atoms. The third-order valence-corrected chi connectivity index (χ3v) is 7.90. The van der Waals surface area contributed by atoms with Gasteiger partial charge in [-0.25, -0.2) is 0 Å². The van der Waals surface area contributed by atoms with E-state index in [1.165, 1.54) is 0 Å². The van der Waals surface area contributed by atoms with Gasteiger partial charge in [0.15, 0.2) is 0 Å². The Labute approximate surface area is 290 Å². The molecule has 0 amide bonds. The number of rotatable bonds is 9. The third-order valence-electron chi connectivity index (χ3n) is 7.90. The lowest BCUT2D eigenvalue weighted by Gasteiger charge is -2.09. The molecule has 0 aliphatic carbocycles.